The summed E-state index contributed by atoms with van der Waals surface area (Å²) < 4.78 is 35.5. The summed E-state index contributed by atoms with van der Waals surface area (Å²) >= 11 is 0. The van der Waals surface area contributed by atoms with Crippen LogP contribution in [-0.4, -0.2) is 57.4 Å². The molecule has 0 bridgehead atoms. The number of carbonyl (C=O) groups is 1. The molecule has 1 rings (SSSR count). The van der Waals surface area contributed by atoms with Gasteiger partial charge in [-0.1, -0.05) is 44.5 Å². The van der Waals surface area contributed by atoms with E-state index in [1.807, 2.05) is 58.2 Å². The van der Waals surface area contributed by atoms with Crippen LogP contribution in [0.4, 0.5) is 0 Å². The number of rotatable bonds is 16. The minimum Gasteiger partial charge on any atom is -0.488 e. The van der Waals surface area contributed by atoms with Crippen molar-refractivity contribution >= 4 is 15.9 Å². The summed E-state index contributed by atoms with van der Waals surface area (Å²) in [6, 6.07) is 9.43. The van der Waals surface area contributed by atoms with Gasteiger partial charge in [-0.25, -0.2) is 13.6 Å². The van der Waals surface area contributed by atoms with Crippen molar-refractivity contribution in [3.05, 3.63) is 65.6 Å². The Morgan fingerprint density at radius 3 is 2.31 bits per heavy atom. The van der Waals surface area contributed by atoms with E-state index in [1.54, 1.807) is 24.2 Å². The molecule has 0 aliphatic carbocycles. The zero-order chi connectivity index (χ0) is 27.1. The van der Waals surface area contributed by atoms with E-state index in [4.69, 9.17) is 14.6 Å². The third kappa shape index (κ3) is 10.9. The molecular weight excluding hydrogens is 478 g/mol. The van der Waals surface area contributed by atoms with Gasteiger partial charge in [-0.05, 0) is 45.4 Å². The molecule has 0 aliphatic rings. The van der Waals surface area contributed by atoms with Crippen LogP contribution in [0.5, 0.6) is 5.75 Å². The van der Waals surface area contributed by atoms with Gasteiger partial charge in [0.05, 0.1) is 5.70 Å². The van der Waals surface area contributed by atoms with Crippen molar-refractivity contribution in [3.63, 3.8) is 0 Å². The van der Waals surface area contributed by atoms with Crippen LogP contribution in [0.25, 0.3) is 0 Å². The lowest BCUT2D eigenvalue weighted by atomic mass is 9.88. The fourth-order valence-electron chi connectivity index (χ4n) is 3.77. The highest BCUT2D eigenvalue weighted by Crippen LogP contribution is 2.31. The predicted octanol–water partition coefficient (Wildman–Crippen LogP) is 4.48. The Hall–Kier alpha value is -2.78. The number of primary sulfonamides is 1. The maximum absolute atomic E-state index is 12.6. The summed E-state index contributed by atoms with van der Waals surface area (Å²) in [7, 11) is -1.89. The molecule has 9 heteroatoms. The second-order valence-corrected chi connectivity index (χ2v) is 9.98. The molecule has 2 N–H and O–H groups in total. The van der Waals surface area contributed by atoms with E-state index in [1.165, 1.54) is 6.08 Å². The van der Waals surface area contributed by atoms with Gasteiger partial charge in [-0.2, -0.15) is 0 Å². The van der Waals surface area contributed by atoms with E-state index < -0.39 is 15.9 Å². The summed E-state index contributed by atoms with van der Waals surface area (Å²) in [6.07, 6.45) is 6.97. The SMILES string of the molecule is C/C=C(\OCC(=O)N(CC)CC)C(/C=C/S(N)(=O)=O)C(C)/C(=C/Oc1ccccc1)N(C)CCCC. The highest BCUT2D eigenvalue weighted by atomic mass is 32.2. The van der Waals surface area contributed by atoms with Crippen LogP contribution in [-0.2, 0) is 19.6 Å². The van der Waals surface area contributed by atoms with Crippen LogP contribution in [0, 0.1) is 11.8 Å². The maximum Gasteiger partial charge on any atom is 0.260 e. The summed E-state index contributed by atoms with van der Waals surface area (Å²) in [6.45, 7) is 11.5. The van der Waals surface area contributed by atoms with E-state index in [2.05, 4.69) is 11.8 Å². The maximum atomic E-state index is 12.6. The number of sulfonamides is 1. The summed E-state index contributed by atoms with van der Waals surface area (Å²) in [5, 5.41) is 6.26. The number of likely N-dealkylation sites (N-methyl/N-ethyl adjacent to an activating group) is 1. The van der Waals surface area contributed by atoms with Gasteiger partial charge in [0.25, 0.3) is 5.91 Å². The van der Waals surface area contributed by atoms with E-state index in [9.17, 15) is 13.2 Å². The first-order valence-electron chi connectivity index (χ1n) is 12.5. The first-order valence-corrected chi connectivity index (χ1v) is 14.1. The third-order valence-electron chi connectivity index (χ3n) is 5.92. The summed E-state index contributed by atoms with van der Waals surface area (Å²) in [5.74, 6) is 0.271. The molecule has 0 spiro atoms. The van der Waals surface area contributed by atoms with Crippen molar-refractivity contribution in [3.8, 4) is 5.75 Å². The number of amides is 1. The van der Waals surface area contributed by atoms with Crippen molar-refractivity contribution in [1.82, 2.24) is 9.80 Å². The highest BCUT2D eigenvalue weighted by molar-refractivity contribution is 7.92. The summed E-state index contributed by atoms with van der Waals surface area (Å²) in [5.41, 5.74) is 0.856. The third-order valence-corrected chi connectivity index (χ3v) is 6.46. The first kappa shape index (κ1) is 31.3. The molecule has 2 atom stereocenters. The Kier molecular flexibility index (Phi) is 13.9. The molecule has 0 radical (unpaired) electrons. The van der Waals surface area contributed by atoms with Gasteiger partial charge in [-0.15, -0.1) is 0 Å². The van der Waals surface area contributed by atoms with Gasteiger partial charge in [0.1, 0.15) is 17.8 Å². The Morgan fingerprint density at radius 2 is 1.78 bits per heavy atom. The minimum absolute atomic E-state index is 0.135. The van der Waals surface area contributed by atoms with E-state index in [0.717, 1.165) is 30.5 Å². The average Bonchev–Trinajstić information content (AvgIpc) is 2.85. The fraction of sp³-hybridized carbons (Fsp3) is 0.519. The van der Waals surface area contributed by atoms with Crippen molar-refractivity contribution in [1.29, 1.82) is 0 Å². The first-order chi connectivity index (χ1) is 17.1. The second-order valence-electron chi connectivity index (χ2n) is 8.53. The number of para-hydroxylation sites is 1. The Labute approximate surface area is 217 Å². The normalized spacial score (nSPS) is 14.4. The van der Waals surface area contributed by atoms with Gasteiger partial charge < -0.3 is 19.3 Å². The van der Waals surface area contributed by atoms with Crippen LogP contribution in [0.3, 0.4) is 0 Å². The zero-order valence-electron chi connectivity index (χ0n) is 22.5. The molecule has 1 amide bonds. The lowest BCUT2D eigenvalue weighted by Crippen LogP contribution is -2.34. The van der Waals surface area contributed by atoms with E-state index in [0.29, 0.717) is 24.6 Å². The van der Waals surface area contributed by atoms with Crippen LogP contribution in [0.1, 0.15) is 47.5 Å². The van der Waals surface area contributed by atoms with Gasteiger partial charge >= 0.3 is 0 Å². The Morgan fingerprint density at radius 1 is 1.14 bits per heavy atom. The van der Waals surface area contributed by atoms with Crippen LogP contribution < -0.4 is 9.88 Å². The molecular formula is C27H43N3O5S. The number of hydrogen-bond acceptors (Lipinski definition) is 6. The van der Waals surface area contributed by atoms with Gasteiger partial charge in [0.2, 0.25) is 10.0 Å². The lowest BCUT2D eigenvalue weighted by Gasteiger charge is -2.32. The Bertz CT molecular complexity index is 986. The number of carbonyl (C=O) groups excluding carboxylic acids is 1. The van der Waals surface area contributed by atoms with Crippen molar-refractivity contribution in [2.24, 2.45) is 17.0 Å². The summed E-state index contributed by atoms with van der Waals surface area (Å²) in [4.78, 5) is 16.3. The smallest absolute Gasteiger partial charge is 0.260 e. The van der Waals surface area contributed by atoms with Gasteiger partial charge in [0.15, 0.2) is 6.61 Å². The Balaban J connectivity index is 3.36. The number of ether oxygens (including phenoxy) is 2. The number of nitrogens with zero attached hydrogens (tertiary/aromatic N) is 2. The predicted molar refractivity (Wildman–Crippen MR) is 145 cm³/mol. The molecule has 0 aromatic heterocycles. The van der Waals surface area contributed by atoms with Crippen molar-refractivity contribution in [2.75, 3.05) is 33.3 Å². The number of nitrogens with two attached hydrogens (primary N) is 1. The van der Waals surface area contributed by atoms with E-state index >= 15 is 0 Å². The quantitative estimate of drug-likeness (QED) is 0.322. The fourth-order valence-corrected chi connectivity index (χ4v) is 4.16. The molecule has 0 heterocycles. The molecule has 0 saturated heterocycles. The monoisotopic (exact) mass is 521 g/mol. The molecule has 0 fully saturated rings. The molecule has 2 unspecified atom stereocenters. The highest BCUT2D eigenvalue weighted by Gasteiger charge is 2.27. The van der Waals surface area contributed by atoms with Crippen molar-refractivity contribution < 1.29 is 22.7 Å². The van der Waals surface area contributed by atoms with Crippen LogP contribution in [0.15, 0.2) is 65.6 Å². The van der Waals surface area contributed by atoms with E-state index in [-0.39, 0.29) is 18.4 Å². The molecule has 202 valence electrons. The standard InChI is InChI=1S/C27H43N3O5S/c1-7-11-18-29(6)25(20-34-23-15-13-12-14-16-23)22(5)24(17-19-36(28,32)33)26(8-2)35-21-27(31)30(9-3)10-4/h8,12-17,19-20,22,24H,7,9-11,18,21H2,1-6H3,(H2,28,32,33)/b19-17+,25-20-,26-8-. The topological polar surface area (TPSA) is 102 Å². The zero-order valence-corrected chi connectivity index (χ0v) is 23.3. The van der Waals surface area contributed by atoms with Crippen LogP contribution in [0.2, 0.25) is 0 Å². The largest absolute Gasteiger partial charge is 0.488 e. The van der Waals surface area contributed by atoms with Gasteiger partial charge in [0, 0.05) is 43.9 Å². The van der Waals surface area contributed by atoms with Gasteiger partial charge in [-0.3, -0.25) is 4.79 Å². The molecule has 36 heavy (non-hydrogen) atoms. The molecule has 8 nitrogen and oxygen atoms in total. The second kappa shape index (κ2) is 16.1. The number of unbranched alkanes of at least 4 members (excludes halogenated alkanes) is 1. The number of benzene rings is 1. The van der Waals surface area contributed by atoms with Crippen molar-refractivity contribution in [2.45, 2.75) is 47.5 Å². The minimum atomic E-state index is -3.87. The number of hydrogen-bond donors (Lipinski definition) is 1. The van der Waals surface area contributed by atoms with Crippen LogP contribution >= 0.6 is 0 Å². The molecule has 0 saturated carbocycles. The lowest BCUT2D eigenvalue weighted by molar-refractivity contribution is -0.134. The molecule has 1 aromatic carbocycles. The molecule has 0 aliphatic heterocycles. The number of allylic oxidation sites excluding steroid dienone is 3. The average molecular weight is 522 g/mol. The molecule has 1 aromatic rings.